The number of halogens is 3. The molecule has 5 aromatic rings. The molecule has 462 valence electrons. The molecule has 5 aliphatic rings. The first-order chi connectivity index (χ1) is 41.3. The highest BCUT2D eigenvalue weighted by Gasteiger charge is 2.41. The maximum absolute atomic E-state index is 14.8. The molecule has 21 heteroatoms. The molecule has 5 fully saturated rings. The van der Waals surface area contributed by atoms with E-state index < -0.39 is 34.9 Å². The topological polar surface area (TPSA) is 206 Å². The molecule has 0 bridgehead atoms. The first kappa shape index (κ1) is 62.3. The van der Waals surface area contributed by atoms with Crippen LogP contribution in [0.4, 0.5) is 19.4 Å². The number of piperazine rings is 1. The summed E-state index contributed by atoms with van der Waals surface area (Å²) in [4.78, 5) is 94.4. The van der Waals surface area contributed by atoms with Crippen LogP contribution in [-0.2, 0) is 25.7 Å². The van der Waals surface area contributed by atoms with Gasteiger partial charge in [0.05, 0.1) is 23.5 Å². The summed E-state index contributed by atoms with van der Waals surface area (Å²) < 4.78 is 34.1. The maximum Gasteiger partial charge on any atom is 0.411 e. The van der Waals surface area contributed by atoms with Crippen molar-refractivity contribution >= 4 is 58.2 Å². The van der Waals surface area contributed by atoms with Gasteiger partial charge < -0.3 is 50.6 Å². The van der Waals surface area contributed by atoms with Crippen LogP contribution in [-0.4, -0.2) is 171 Å². The van der Waals surface area contributed by atoms with Crippen LogP contribution >= 0.6 is 11.6 Å². The Kier molecular flexibility index (Phi) is 20.3. The molecule has 5 N–H and O–H groups in total. The molecule has 86 heavy (non-hydrogen) atoms. The number of benzene rings is 3. The van der Waals surface area contributed by atoms with Crippen molar-refractivity contribution in [2.24, 2.45) is 17.6 Å². The van der Waals surface area contributed by atoms with Crippen molar-refractivity contribution < 1.29 is 37.5 Å². The second kappa shape index (κ2) is 28.0. The molecule has 18 nitrogen and oxygen atoms in total. The lowest BCUT2D eigenvalue weighted by molar-refractivity contribution is -0.136. The van der Waals surface area contributed by atoms with E-state index in [1.54, 1.807) is 38.1 Å². The normalized spacial score (nSPS) is 20.1. The summed E-state index contributed by atoms with van der Waals surface area (Å²) in [7, 11) is 0. The SMILES string of the molecule is CC(C)(C)OC(=O)N(CC(=O)N1CCCC(c2cccc(C(=O)N[C@@H](C(=O)N3CCC(CN4CCN(CC[C@H](NC(=O)C5(N)CCN(c6ncnc7[nH]ccc67)CC5)c5ccc(Cl)cc5)CC4)CC3)C3CCCCC3)c2)C1)Cc1ccc(F)cc1F. The molecule has 2 aromatic heterocycles. The molecule has 1 aliphatic carbocycles. The number of hydrogen-bond acceptors (Lipinski definition) is 12. The molecule has 5 amide bonds. The lowest BCUT2D eigenvalue weighted by Crippen LogP contribution is -2.60. The summed E-state index contributed by atoms with van der Waals surface area (Å²) in [6.45, 7) is 13.3. The van der Waals surface area contributed by atoms with Gasteiger partial charge in [-0.2, -0.15) is 0 Å². The summed E-state index contributed by atoms with van der Waals surface area (Å²) >= 11 is 6.32. The Bertz CT molecular complexity index is 3150. The van der Waals surface area contributed by atoms with E-state index >= 15 is 0 Å². The number of likely N-dealkylation sites (tertiary alicyclic amines) is 2. The second-order valence-electron chi connectivity index (χ2n) is 25.6. The highest BCUT2D eigenvalue weighted by molar-refractivity contribution is 6.30. The third-order valence-electron chi connectivity index (χ3n) is 18.4. The van der Waals surface area contributed by atoms with E-state index in [-0.39, 0.29) is 60.2 Å². The lowest BCUT2D eigenvalue weighted by atomic mass is 9.82. The van der Waals surface area contributed by atoms with E-state index in [0.29, 0.717) is 75.0 Å². The van der Waals surface area contributed by atoms with Crippen LogP contribution in [0.25, 0.3) is 11.0 Å². The number of nitrogens with one attached hydrogen (secondary N) is 3. The monoisotopic (exact) mass is 1200 g/mol. The average molecular weight is 1200 g/mol. The van der Waals surface area contributed by atoms with Gasteiger partial charge in [-0.25, -0.2) is 23.5 Å². The van der Waals surface area contributed by atoms with Crippen LogP contribution in [0.15, 0.2) is 85.3 Å². The fraction of sp³-hybridized carbons (Fsp3) is 0.554. The first-order valence-corrected chi connectivity index (χ1v) is 31.4. The predicted octanol–water partition coefficient (Wildman–Crippen LogP) is 8.81. The van der Waals surface area contributed by atoms with Crippen molar-refractivity contribution in [1.82, 2.24) is 50.1 Å². The number of aromatic nitrogens is 3. The van der Waals surface area contributed by atoms with Crippen molar-refractivity contribution in [2.75, 3.05) is 90.0 Å². The fourth-order valence-electron chi connectivity index (χ4n) is 13.3. The van der Waals surface area contributed by atoms with Crippen molar-refractivity contribution in [1.29, 1.82) is 0 Å². The number of anilines is 1. The standard InChI is InChI=1S/C65H85ClF2N12O6/c1-64(2,3)86-63(85)80(41-50-16-19-52(67)38-54(50)68)42-56(81)79-27-8-13-49(40-79)47-11-7-12-48(37-47)60(82)74-57(46-9-5-4-6-10-46)61(83)78-29-21-44(22-30-78)39-76-35-33-75(34-36-76)28-23-55(45-14-17-51(66)18-15-45)73-62(84)65(69)24-31-77(32-25-65)59-53-20-26-70-58(53)71-43-72-59/h7,11-12,14-20,26,37-38,43-44,46,49,55,57H,4-6,8-10,13,21-25,27-36,39-42,69H2,1-3H3,(H,73,84)(H,74,82)(H,70,71,72)/t49?,55-,57+/m0/s1. The first-order valence-electron chi connectivity index (χ1n) is 31.1. The fourth-order valence-corrected chi connectivity index (χ4v) is 13.4. The Labute approximate surface area is 508 Å². The number of nitrogens with zero attached hydrogens (tertiary/aromatic N) is 8. The summed E-state index contributed by atoms with van der Waals surface area (Å²) in [5.74, 6) is -1.11. The average Bonchev–Trinajstić information content (AvgIpc) is 2.46. The molecule has 1 saturated carbocycles. The van der Waals surface area contributed by atoms with Crippen molar-refractivity contribution in [3.05, 3.63) is 124 Å². The number of ether oxygens (including phenoxy) is 1. The van der Waals surface area contributed by atoms with Crippen LogP contribution in [0.5, 0.6) is 0 Å². The number of nitrogens with two attached hydrogens (primary N) is 1. The minimum Gasteiger partial charge on any atom is -0.444 e. The predicted molar refractivity (Wildman–Crippen MR) is 327 cm³/mol. The molecule has 3 atom stereocenters. The van der Waals surface area contributed by atoms with E-state index in [9.17, 15) is 32.8 Å². The lowest BCUT2D eigenvalue weighted by Gasteiger charge is -2.41. The highest BCUT2D eigenvalue weighted by Crippen LogP contribution is 2.33. The zero-order chi connectivity index (χ0) is 60.5. The van der Waals surface area contributed by atoms with Gasteiger partial charge in [0, 0.05) is 113 Å². The smallest absolute Gasteiger partial charge is 0.411 e. The van der Waals surface area contributed by atoms with E-state index in [2.05, 4.69) is 40.3 Å². The number of fused-ring (bicyclic) bond motifs is 1. The largest absolute Gasteiger partial charge is 0.444 e. The van der Waals surface area contributed by atoms with Gasteiger partial charge in [-0.3, -0.25) is 24.1 Å². The number of aromatic amines is 1. The number of rotatable bonds is 18. The van der Waals surface area contributed by atoms with Gasteiger partial charge in [0.2, 0.25) is 17.7 Å². The maximum atomic E-state index is 14.8. The summed E-state index contributed by atoms with van der Waals surface area (Å²) in [5, 5.41) is 8.18. The van der Waals surface area contributed by atoms with E-state index in [1.807, 2.05) is 59.6 Å². The van der Waals surface area contributed by atoms with E-state index in [4.69, 9.17) is 22.1 Å². The van der Waals surface area contributed by atoms with Gasteiger partial charge in [0.1, 0.15) is 47.6 Å². The van der Waals surface area contributed by atoms with Crippen LogP contribution in [0.2, 0.25) is 5.02 Å². The van der Waals surface area contributed by atoms with Crippen molar-refractivity contribution in [3.63, 3.8) is 0 Å². The van der Waals surface area contributed by atoms with E-state index in [1.165, 1.54) is 6.07 Å². The Hall–Kier alpha value is -6.74. The highest BCUT2D eigenvalue weighted by atomic mass is 35.5. The van der Waals surface area contributed by atoms with Gasteiger partial charge in [0.25, 0.3) is 5.91 Å². The van der Waals surface area contributed by atoms with Crippen molar-refractivity contribution in [3.8, 4) is 0 Å². The Balaban J connectivity index is 0.692. The number of amides is 5. The minimum atomic E-state index is -1.02. The molecule has 1 unspecified atom stereocenters. The van der Waals surface area contributed by atoms with Gasteiger partial charge in [-0.1, -0.05) is 61.2 Å². The minimum absolute atomic E-state index is 0.00499. The molecule has 3 aromatic carbocycles. The molecule has 10 rings (SSSR count). The number of carbonyl (C=O) groups is 5. The number of piperidine rings is 3. The van der Waals surface area contributed by atoms with Gasteiger partial charge in [-0.05, 0) is 138 Å². The zero-order valence-electron chi connectivity index (χ0n) is 50.1. The number of carbonyl (C=O) groups excluding carboxylic acids is 5. The third-order valence-corrected chi connectivity index (χ3v) is 18.6. The van der Waals surface area contributed by atoms with Crippen LogP contribution in [0, 0.1) is 23.5 Å². The van der Waals surface area contributed by atoms with Crippen molar-refractivity contribution in [2.45, 2.75) is 134 Å². The Morgan fingerprint density at radius 3 is 2.27 bits per heavy atom. The summed E-state index contributed by atoms with van der Waals surface area (Å²) in [5.41, 5.74) is 8.21. The molecule has 0 spiro atoms. The zero-order valence-corrected chi connectivity index (χ0v) is 50.8. The van der Waals surface area contributed by atoms with Crippen LogP contribution < -0.4 is 21.3 Å². The Morgan fingerprint density at radius 1 is 0.814 bits per heavy atom. The van der Waals surface area contributed by atoms with Crippen LogP contribution in [0.1, 0.15) is 137 Å². The summed E-state index contributed by atoms with van der Waals surface area (Å²) in [6, 6.07) is 19.4. The number of H-pyrrole nitrogens is 1. The second-order valence-corrected chi connectivity index (χ2v) is 26.0. The van der Waals surface area contributed by atoms with Gasteiger partial charge in [-0.15, -0.1) is 0 Å². The van der Waals surface area contributed by atoms with E-state index in [0.717, 1.165) is 142 Å². The molecule has 0 radical (unpaired) electrons. The molecular weight excluding hydrogens is 1120 g/mol. The quantitative estimate of drug-likeness (QED) is 0.0650. The molecule has 4 saturated heterocycles. The third kappa shape index (κ3) is 15.9. The van der Waals surface area contributed by atoms with Gasteiger partial charge in [0.15, 0.2) is 0 Å². The van der Waals surface area contributed by atoms with Crippen LogP contribution in [0.3, 0.4) is 0 Å². The number of hydrogen-bond donors (Lipinski definition) is 4. The summed E-state index contributed by atoms with van der Waals surface area (Å²) in [6.07, 6.45) is 12.5. The molecule has 6 heterocycles. The molecule has 4 aliphatic heterocycles. The van der Waals surface area contributed by atoms with Gasteiger partial charge >= 0.3 is 6.09 Å². The Morgan fingerprint density at radius 2 is 1.55 bits per heavy atom. The molecular formula is C65H85ClF2N12O6.